The Morgan fingerprint density at radius 3 is 2.65 bits per heavy atom. The second kappa shape index (κ2) is 10.5. The summed E-state index contributed by atoms with van der Waals surface area (Å²) in [5.74, 6) is 3.18. The molecule has 2 saturated heterocycles. The summed E-state index contributed by atoms with van der Waals surface area (Å²) in [5.41, 5.74) is 3.22. The highest BCUT2D eigenvalue weighted by Gasteiger charge is 2.47. The van der Waals surface area contributed by atoms with E-state index in [0.717, 1.165) is 71.4 Å². The maximum atomic E-state index is 6.25. The molecule has 1 aromatic carbocycles. The molecule has 4 heterocycles. The summed E-state index contributed by atoms with van der Waals surface area (Å²) in [7, 11) is 1.72. The van der Waals surface area contributed by atoms with E-state index in [4.69, 9.17) is 18.9 Å². The van der Waals surface area contributed by atoms with Gasteiger partial charge in [-0.05, 0) is 108 Å². The van der Waals surface area contributed by atoms with Gasteiger partial charge >= 0.3 is 0 Å². The summed E-state index contributed by atoms with van der Waals surface area (Å²) in [4.78, 5) is 7.54. The van der Waals surface area contributed by atoms with Crippen molar-refractivity contribution in [3.8, 4) is 23.0 Å². The van der Waals surface area contributed by atoms with Crippen LogP contribution in [0.2, 0.25) is 0 Å². The second-order valence-corrected chi connectivity index (χ2v) is 11.1. The highest BCUT2D eigenvalue weighted by molar-refractivity contribution is 5.96. The summed E-state index contributed by atoms with van der Waals surface area (Å²) in [6, 6.07) is 10.7. The van der Waals surface area contributed by atoms with Gasteiger partial charge in [0.2, 0.25) is 0 Å². The average Bonchev–Trinajstić information content (AvgIpc) is 3.60. The third-order valence-electron chi connectivity index (χ3n) is 8.76. The molecule has 198 valence electrons. The fraction of sp³-hybridized carbons (Fsp3) is 0.567. The minimum atomic E-state index is 0.394. The lowest BCUT2D eigenvalue weighted by molar-refractivity contribution is 0.0655. The first-order valence-electron chi connectivity index (χ1n) is 14.1. The van der Waals surface area contributed by atoms with Crippen molar-refractivity contribution in [3.63, 3.8) is 0 Å². The molecule has 1 aliphatic carbocycles. The normalized spacial score (nSPS) is 21.3. The number of pyridine rings is 1. The van der Waals surface area contributed by atoms with E-state index in [-0.39, 0.29) is 0 Å². The zero-order valence-electron chi connectivity index (χ0n) is 22.3. The fourth-order valence-electron chi connectivity index (χ4n) is 6.43. The first-order chi connectivity index (χ1) is 18.1. The van der Waals surface area contributed by atoms with E-state index in [9.17, 15) is 0 Å². The molecule has 3 aliphatic rings. The van der Waals surface area contributed by atoms with Gasteiger partial charge in [0.05, 0.1) is 19.2 Å². The van der Waals surface area contributed by atoms with E-state index in [0.29, 0.717) is 18.1 Å². The van der Waals surface area contributed by atoms with Gasteiger partial charge in [-0.25, -0.2) is 4.98 Å². The Balaban J connectivity index is 1.30. The van der Waals surface area contributed by atoms with Crippen LogP contribution in [0.1, 0.15) is 50.7 Å². The first kappa shape index (κ1) is 24.6. The van der Waals surface area contributed by atoms with Crippen molar-refractivity contribution in [3.05, 3.63) is 36.1 Å². The van der Waals surface area contributed by atoms with Crippen molar-refractivity contribution in [2.45, 2.75) is 57.9 Å². The number of anilines is 1. The number of hydrogen-bond donors (Lipinski definition) is 2. The molecule has 2 aromatic heterocycles. The molecule has 6 rings (SSSR count). The van der Waals surface area contributed by atoms with Gasteiger partial charge in [0.1, 0.15) is 11.5 Å². The predicted molar refractivity (Wildman–Crippen MR) is 148 cm³/mol. The molecule has 3 aromatic rings. The molecule has 37 heavy (non-hydrogen) atoms. The van der Waals surface area contributed by atoms with Crippen molar-refractivity contribution >= 4 is 16.6 Å². The molecule has 0 bridgehead atoms. The summed E-state index contributed by atoms with van der Waals surface area (Å²) < 4.78 is 18.0. The van der Waals surface area contributed by atoms with Crippen molar-refractivity contribution in [1.29, 1.82) is 0 Å². The van der Waals surface area contributed by atoms with Crippen LogP contribution in [-0.4, -0.2) is 62.4 Å². The van der Waals surface area contributed by atoms with Crippen molar-refractivity contribution < 1.29 is 13.9 Å². The topological polar surface area (TPSA) is 71.8 Å². The fourth-order valence-corrected chi connectivity index (χ4v) is 6.43. The maximum Gasteiger partial charge on any atom is 0.163 e. The number of aryl methyl sites for hydroxylation is 1. The Morgan fingerprint density at radius 1 is 1.11 bits per heavy atom. The maximum absolute atomic E-state index is 6.25. The summed E-state index contributed by atoms with van der Waals surface area (Å²) >= 11 is 0. The number of piperidine rings is 1. The number of fused-ring (bicyclic) bond motifs is 1. The van der Waals surface area contributed by atoms with E-state index in [2.05, 4.69) is 27.7 Å². The number of hydrogen-bond acceptors (Lipinski definition) is 7. The zero-order chi connectivity index (χ0) is 25.2. The van der Waals surface area contributed by atoms with E-state index in [1.807, 2.05) is 25.1 Å². The highest BCUT2D eigenvalue weighted by atomic mass is 16.5. The SMILES string of the molecule is COc1cc2c(NC3CCC34CCNCC4)cc(-c3ccc(C)o3)nc2cc1OCCCN1CCCC1. The number of nitrogens with zero attached hydrogens (tertiary/aromatic N) is 2. The summed E-state index contributed by atoms with van der Waals surface area (Å²) in [5, 5.41) is 8.53. The van der Waals surface area contributed by atoms with E-state index in [1.165, 1.54) is 51.6 Å². The van der Waals surface area contributed by atoms with Gasteiger partial charge in [0.15, 0.2) is 17.3 Å². The molecular weight excluding hydrogens is 464 g/mol. The van der Waals surface area contributed by atoms with E-state index < -0.39 is 0 Å². The Labute approximate surface area is 219 Å². The van der Waals surface area contributed by atoms with E-state index >= 15 is 0 Å². The number of furan rings is 1. The van der Waals surface area contributed by atoms with Crippen LogP contribution in [-0.2, 0) is 0 Å². The molecule has 2 N–H and O–H groups in total. The van der Waals surface area contributed by atoms with Crippen LogP contribution in [0.3, 0.4) is 0 Å². The van der Waals surface area contributed by atoms with Crippen LogP contribution < -0.4 is 20.1 Å². The minimum Gasteiger partial charge on any atom is -0.493 e. The molecule has 7 heteroatoms. The lowest BCUT2D eigenvalue weighted by Crippen LogP contribution is -2.54. The Kier molecular flexibility index (Phi) is 7.00. The molecule has 3 fully saturated rings. The molecular formula is C30H40N4O3. The Bertz CT molecular complexity index is 1230. The lowest BCUT2D eigenvalue weighted by atomic mass is 9.59. The number of ether oxygens (including phenoxy) is 2. The van der Waals surface area contributed by atoms with Crippen LogP contribution in [0.5, 0.6) is 11.5 Å². The van der Waals surface area contributed by atoms with Crippen LogP contribution in [0.4, 0.5) is 5.69 Å². The molecule has 1 unspecified atom stereocenters. The average molecular weight is 505 g/mol. The van der Waals surface area contributed by atoms with Gasteiger partial charge in [0.25, 0.3) is 0 Å². The third kappa shape index (κ3) is 5.04. The smallest absolute Gasteiger partial charge is 0.163 e. The number of rotatable bonds is 9. The van der Waals surface area contributed by atoms with Gasteiger partial charge in [-0.2, -0.15) is 0 Å². The van der Waals surface area contributed by atoms with Crippen molar-refractivity contribution in [1.82, 2.24) is 15.2 Å². The molecule has 1 atom stereocenters. The molecule has 7 nitrogen and oxygen atoms in total. The third-order valence-corrected chi connectivity index (χ3v) is 8.76. The largest absolute Gasteiger partial charge is 0.493 e. The number of methoxy groups -OCH3 is 1. The van der Waals surface area contributed by atoms with Gasteiger partial charge in [-0.1, -0.05) is 0 Å². The second-order valence-electron chi connectivity index (χ2n) is 11.1. The molecule has 0 radical (unpaired) electrons. The van der Waals surface area contributed by atoms with Crippen molar-refractivity contribution in [2.75, 3.05) is 51.8 Å². The molecule has 2 aliphatic heterocycles. The van der Waals surface area contributed by atoms with Crippen LogP contribution in [0.15, 0.2) is 34.7 Å². The Hall–Kier alpha value is -2.77. The number of benzene rings is 1. The van der Waals surface area contributed by atoms with Crippen LogP contribution in [0, 0.1) is 12.3 Å². The lowest BCUT2D eigenvalue weighted by Gasteiger charge is -2.53. The standard InChI is InChI=1S/C30H40N4O3/c1-21-6-7-26(37-21)25-19-23(33-29-8-9-30(29)10-12-31-13-11-30)22-18-27(35-2)28(20-24(22)32-25)36-17-5-16-34-14-3-4-15-34/h6-7,18-20,29,31H,3-5,8-17H2,1-2H3,(H,32,33). The molecule has 1 saturated carbocycles. The van der Waals surface area contributed by atoms with Gasteiger partial charge in [0, 0.05) is 29.7 Å². The van der Waals surface area contributed by atoms with Crippen LogP contribution in [0.25, 0.3) is 22.4 Å². The molecule has 0 amide bonds. The summed E-state index contributed by atoms with van der Waals surface area (Å²) in [6.45, 7) is 8.37. The summed E-state index contributed by atoms with van der Waals surface area (Å²) in [6.07, 6.45) is 8.61. The van der Waals surface area contributed by atoms with Crippen LogP contribution >= 0.6 is 0 Å². The van der Waals surface area contributed by atoms with Gasteiger partial charge in [-0.3, -0.25) is 0 Å². The first-order valence-corrected chi connectivity index (χ1v) is 14.1. The van der Waals surface area contributed by atoms with Gasteiger partial charge < -0.3 is 29.4 Å². The number of likely N-dealkylation sites (tertiary alicyclic amines) is 1. The zero-order valence-corrected chi connectivity index (χ0v) is 22.3. The monoisotopic (exact) mass is 504 g/mol. The van der Waals surface area contributed by atoms with Crippen molar-refractivity contribution in [2.24, 2.45) is 5.41 Å². The highest BCUT2D eigenvalue weighted by Crippen LogP contribution is 2.50. The Morgan fingerprint density at radius 2 is 1.95 bits per heavy atom. The van der Waals surface area contributed by atoms with E-state index in [1.54, 1.807) is 7.11 Å². The quantitative estimate of drug-likeness (QED) is 0.367. The minimum absolute atomic E-state index is 0.394. The molecule has 1 spiro atoms. The predicted octanol–water partition coefficient (Wildman–Crippen LogP) is 5.62. The number of aromatic nitrogens is 1. The van der Waals surface area contributed by atoms with Gasteiger partial charge in [-0.15, -0.1) is 0 Å². The number of nitrogens with one attached hydrogen (secondary N) is 2.